The Bertz CT molecular complexity index is 1030. The van der Waals surface area contributed by atoms with Gasteiger partial charge in [0.2, 0.25) is 0 Å². The molecular weight excluding hydrogens is 585 g/mol. The van der Waals surface area contributed by atoms with Gasteiger partial charge in [0.1, 0.15) is 0 Å². The van der Waals surface area contributed by atoms with Gasteiger partial charge >= 0.3 is 0 Å². The van der Waals surface area contributed by atoms with Crippen LogP contribution in [-0.2, 0) is 6.54 Å². The van der Waals surface area contributed by atoms with E-state index >= 15 is 0 Å². The van der Waals surface area contributed by atoms with Crippen molar-refractivity contribution in [3.63, 3.8) is 0 Å². The second-order valence-corrected chi connectivity index (χ2v) is 18.2. The summed E-state index contributed by atoms with van der Waals surface area (Å²) < 4.78 is 0. The summed E-state index contributed by atoms with van der Waals surface area (Å²) in [6.45, 7) is 20.8. The van der Waals surface area contributed by atoms with Crippen LogP contribution in [0.2, 0.25) is 0 Å². The monoisotopic (exact) mass is 663 g/mol. The first-order valence-electron chi connectivity index (χ1n) is 21.2. The summed E-state index contributed by atoms with van der Waals surface area (Å²) in [5.74, 6) is 6.78. The van der Waals surface area contributed by atoms with E-state index in [2.05, 4.69) is 86.2 Å². The Hall–Kier alpha value is -0.940. The Labute approximate surface area is 297 Å². The third-order valence-corrected chi connectivity index (χ3v) is 14.7. The normalized spacial score (nSPS) is 33.7. The van der Waals surface area contributed by atoms with Crippen molar-refractivity contribution >= 4 is 0 Å². The Morgan fingerprint density at radius 1 is 0.646 bits per heavy atom. The molecule has 1 aromatic carbocycles. The van der Waals surface area contributed by atoms with E-state index < -0.39 is 0 Å². The predicted molar refractivity (Wildman–Crippen MR) is 207 cm³/mol. The van der Waals surface area contributed by atoms with Crippen LogP contribution in [-0.4, -0.2) is 45.3 Å². The van der Waals surface area contributed by atoms with Crippen LogP contribution in [0, 0.1) is 52.3 Å². The van der Waals surface area contributed by atoms with E-state index in [1.165, 1.54) is 108 Å². The van der Waals surface area contributed by atoms with Crippen molar-refractivity contribution < 1.29 is 0 Å². The van der Waals surface area contributed by atoms with Gasteiger partial charge in [0.25, 0.3) is 0 Å². The van der Waals surface area contributed by atoms with Crippen molar-refractivity contribution in [2.45, 2.75) is 150 Å². The molecule has 4 nitrogen and oxygen atoms in total. The van der Waals surface area contributed by atoms with Crippen molar-refractivity contribution in [3.8, 4) is 0 Å². The molecule has 1 aromatic rings. The van der Waals surface area contributed by atoms with E-state index in [0.29, 0.717) is 10.8 Å². The molecule has 9 atom stereocenters. The lowest BCUT2D eigenvalue weighted by Crippen LogP contribution is -2.55. The maximum absolute atomic E-state index is 4.02. The van der Waals surface area contributed by atoms with Gasteiger partial charge in [-0.1, -0.05) is 84.2 Å². The van der Waals surface area contributed by atoms with Crippen molar-refractivity contribution in [3.05, 3.63) is 35.9 Å². The molecule has 3 unspecified atom stereocenters. The highest BCUT2D eigenvalue weighted by Gasteiger charge is 2.60. The van der Waals surface area contributed by atoms with Crippen LogP contribution in [0.15, 0.2) is 30.3 Å². The average Bonchev–Trinajstić information content (AvgIpc) is 3.44. The van der Waals surface area contributed by atoms with Gasteiger partial charge in [-0.2, -0.15) is 0 Å². The Morgan fingerprint density at radius 2 is 1.31 bits per heavy atom. The Kier molecular flexibility index (Phi) is 15.2. The zero-order valence-electron chi connectivity index (χ0n) is 32.3. The zero-order chi connectivity index (χ0) is 33.8. The van der Waals surface area contributed by atoms with Gasteiger partial charge in [-0.25, -0.2) is 0 Å². The number of benzene rings is 1. The molecule has 4 N–H and O–H groups in total. The summed E-state index contributed by atoms with van der Waals surface area (Å²) in [5.41, 5.74) is 2.61. The van der Waals surface area contributed by atoms with E-state index in [0.717, 1.165) is 86.7 Å². The molecule has 0 heterocycles. The van der Waals surface area contributed by atoms with Gasteiger partial charge in [0.15, 0.2) is 0 Å². The lowest BCUT2D eigenvalue weighted by atomic mass is 9.44. The summed E-state index contributed by atoms with van der Waals surface area (Å²) in [6.07, 6.45) is 22.8. The van der Waals surface area contributed by atoms with E-state index in [1.54, 1.807) is 6.42 Å². The van der Waals surface area contributed by atoms with Crippen LogP contribution in [0.3, 0.4) is 0 Å². The molecular formula is C44H78N4. The summed E-state index contributed by atoms with van der Waals surface area (Å²) in [6, 6.07) is 11.4. The average molecular weight is 663 g/mol. The van der Waals surface area contributed by atoms with Gasteiger partial charge in [0, 0.05) is 12.6 Å². The van der Waals surface area contributed by atoms with Gasteiger partial charge in [-0.05, 0) is 181 Å². The molecule has 0 saturated heterocycles. The maximum atomic E-state index is 4.02. The topological polar surface area (TPSA) is 48.1 Å². The van der Waals surface area contributed by atoms with E-state index in [4.69, 9.17) is 0 Å². The SMILES string of the molecule is CC(C)CCC[C@@H](C)[C@H]1CCC2C3CC[C@H]4C[C@H](NCCCNCCCCNCCCNCc5ccccc5)CC[C@]4(C)C3CC[C@@]21C. The highest BCUT2D eigenvalue weighted by molar-refractivity contribution is 5.14. The summed E-state index contributed by atoms with van der Waals surface area (Å²) in [4.78, 5) is 0. The molecule has 48 heavy (non-hydrogen) atoms. The van der Waals surface area contributed by atoms with Crippen molar-refractivity contribution in [1.82, 2.24) is 21.3 Å². The molecule has 5 rings (SSSR count). The molecule has 0 aliphatic heterocycles. The van der Waals surface area contributed by atoms with Crippen LogP contribution in [0.5, 0.6) is 0 Å². The molecule has 4 saturated carbocycles. The predicted octanol–water partition coefficient (Wildman–Crippen LogP) is 9.60. The van der Waals surface area contributed by atoms with Gasteiger partial charge in [-0.15, -0.1) is 0 Å². The first-order chi connectivity index (χ1) is 23.3. The number of nitrogens with one attached hydrogen (secondary N) is 4. The highest BCUT2D eigenvalue weighted by atomic mass is 14.9. The van der Waals surface area contributed by atoms with Gasteiger partial charge in [0.05, 0.1) is 0 Å². The first kappa shape index (κ1) is 38.3. The molecule has 4 fully saturated rings. The van der Waals surface area contributed by atoms with Crippen LogP contribution < -0.4 is 21.3 Å². The fraction of sp³-hybridized carbons (Fsp3) is 0.864. The fourth-order valence-electron chi connectivity index (χ4n) is 11.9. The second-order valence-electron chi connectivity index (χ2n) is 18.2. The molecule has 0 radical (unpaired) electrons. The number of hydrogen-bond donors (Lipinski definition) is 4. The number of unbranched alkanes of at least 4 members (excludes halogenated alkanes) is 1. The third-order valence-electron chi connectivity index (χ3n) is 14.7. The molecule has 4 heteroatoms. The highest BCUT2D eigenvalue weighted by Crippen LogP contribution is 2.68. The van der Waals surface area contributed by atoms with Crippen molar-refractivity contribution in [2.75, 3.05) is 39.3 Å². The maximum Gasteiger partial charge on any atom is 0.0205 e. The van der Waals surface area contributed by atoms with Crippen LogP contribution in [0.1, 0.15) is 143 Å². The first-order valence-corrected chi connectivity index (χ1v) is 21.2. The molecule has 4 aliphatic rings. The van der Waals surface area contributed by atoms with Crippen molar-refractivity contribution in [1.29, 1.82) is 0 Å². The minimum absolute atomic E-state index is 0.610. The molecule has 0 aromatic heterocycles. The number of hydrogen-bond acceptors (Lipinski definition) is 4. The van der Waals surface area contributed by atoms with E-state index in [1.807, 2.05) is 0 Å². The summed E-state index contributed by atoms with van der Waals surface area (Å²) in [7, 11) is 0. The Morgan fingerprint density at radius 3 is 2.06 bits per heavy atom. The van der Waals surface area contributed by atoms with Gasteiger partial charge < -0.3 is 21.3 Å². The smallest absolute Gasteiger partial charge is 0.0205 e. The van der Waals surface area contributed by atoms with Crippen molar-refractivity contribution in [2.24, 2.45) is 52.3 Å². The summed E-state index contributed by atoms with van der Waals surface area (Å²) in [5, 5.41) is 14.9. The lowest BCUT2D eigenvalue weighted by molar-refractivity contribution is -0.118. The minimum Gasteiger partial charge on any atom is -0.317 e. The van der Waals surface area contributed by atoms with Crippen LogP contribution in [0.25, 0.3) is 0 Å². The van der Waals surface area contributed by atoms with Gasteiger partial charge in [-0.3, -0.25) is 0 Å². The number of fused-ring (bicyclic) bond motifs is 5. The molecule has 0 spiro atoms. The van der Waals surface area contributed by atoms with Crippen LogP contribution in [0.4, 0.5) is 0 Å². The zero-order valence-corrected chi connectivity index (χ0v) is 32.3. The number of rotatable bonds is 21. The fourth-order valence-corrected chi connectivity index (χ4v) is 11.9. The van der Waals surface area contributed by atoms with Crippen LogP contribution >= 0.6 is 0 Å². The molecule has 0 bridgehead atoms. The quantitative estimate of drug-likeness (QED) is 0.0991. The third kappa shape index (κ3) is 10.1. The summed E-state index contributed by atoms with van der Waals surface area (Å²) >= 11 is 0. The lowest BCUT2D eigenvalue weighted by Gasteiger charge is -2.61. The largest absolute Gasteiger partial charge is 0.317 e. The molecule has 4 aliphatic carbocycles. The second kappa shape index (κ2) is 19.1. The minimum atomic E-state index is 0.610. The molecule has 0 amide bonds. The molecule has 274 valence electrons. The van der Waals surface area contributed by atoms with E-state index in [9.17, 15) is 0 Å². The Balaban J connectivity index is 0.898. The standard InChI is InChI=1S/C44H78N4/c1-34(2)14-11-15-35(3)40-20-21-41-39-19-18-37-32-38(22-24-43(37,4)42(39)23-25-44(40,41)5)48-31-13-29-46-27-10-9-26-45-28-12-30-47-33-36-16-7-6-8-17-36/h6-8,16-17,34-35,37-42,45-48H,9-15,18-33H2,1-5H3/t35-,37+,38-,39?,40-,41?,42?,43+,44-/m1/s1. The van der Waals surface area contributed by atoms with E-state index in [-0.39, 0.29) is 0 Å².